The monoisotopic (exact) mass is 376 g/mol. The molecule has 1 heterocycles. The van der Waals surface area contributed by atoms with E-state index in [2.05, 4.69) is 13.0 Å². The molecule has 0 aliphatic carbocycles. The van der Waals surface area contributed by atoms with Gasteiger partial charge in [-0.15, -0.1) is 0 Å². The molecular weight excluding hydrogens is 348 g/mol. The molecule has 0 N–H and O–H groups in total. The third-order valence-electron chi connectivity index (χ3n) is 4.71. The average Bonchev–Trinajstić information content (AvgIpc) is 2.67. The predicted octanol–water partition coefficient (Wildman–Crippen LogP) is 3.33. The fourth-order valence-corrected chi connectivity index (χ4v) is 3.21. The van der Waals surface area contributed by atoms with Gasteiger partial charge in [0.2, 0.25) is 0 Å². The first-order valence-corrected chi connectivity index (χ1v) is 9.16. The number of rotatable bonds is 6. The molecule has 148 valence electrons. The third-order valence-corrected chi connectivity index (χ3v) is 4.71. The number of methoxy groups -OCH3 is 2. The number of cyclic esters (lactones) is 1. The summed E-state index contributed by atoms with van der Waals surface area (Å²) in [6, 6.07) is 5.47. The fraction of sp³-hybridized carbons (Fsp3) is 0.524. The third kappa shape index (κ3) is 5.91. The highest BCUT2D eigenvalue weighted by molar-refractivity contribution is 5.94. The van der Waals surface area contributed by atoms with Crippen molar-refractivity contribution in [3.05, 3.63) is 41.5 Å². The van der Waals surface area contributed by atoms with Crippen molar-refractivity contribution in [1.29, 1.82) is 0 Å². The van der Waals surface area contributed by atoms with Crippen LogP contribution in [0.4, 0.5) is 0 Å². The van der Waals surface area contributed by atoms with Gasteiger partial charge in [0, 0.05) is 20.0 Å². The Morgan fingerprint density at radius 3 is 2.78 bits per heavy atom. The van der Waals surface area contributed by atoms with Crippen molar-refractivity contribution in [2.24, 2.45) is 5.92 Å². The second-order valence-electron chi connectivity index (χ2n) is 6.66. The highest BCUT2D eigenvalue weighted by Gasteiger charge is 2.27. The van der Waals surface area contributed by atoms with Crippen LogP contribution in [-0.2, 0) is 25.4 Å². The van der Waals surface area contributed by atoms with E-state index in [-0.39, 0.29) is 25.2 Å². The molecule has 6 nitrogen and oxygen atoms in total. The molecule has 3 atom stereocenters. The van der Waals surface area contributed by atoms with Crippen molar-refractivity contribution in [2.75, 3.05) is 21.0 Å². The van der Waals surface area contributed by atoms with E-state index in [1.54, 1.807) is 13.2 Å². The van der Waals surface area contributed by atoms with Crippen LogP contribution < -0.4 is 4.74 Å². The Morgan fingerprint density at radius 1 is 1.26 bits per heavy atom. The molecule has 0 aromatic heterocycles. The Kier molecular flexibility index (Phi) is 8.48. The first-order chi connectivity index (χ1) is 13.1. The largest absolute Gasteiger partial charge is 0.496 e. The number of allylic oxidation sites excluding steroid dienone is 2. The van der Waals surface area contributed by atoms with Gasteiger partial charge in [0.15, 0.2) is 0 Å². The summed E-state index contributed by atoms with van der Waals surface area (Å²) in [6.07, 6.45) is 6.10. The number of ether oxygens (including phenoxy) is 4. The molecule has 27 heavy (non-hydrogen) atoms. The number of carbonyl (C=O) groups is 2. The normalized spacial score (nSPS) is 23.5. The van der Waals surface area contributed by atoms with Gasteiger partial charge in [0.05, 0.1) is 13.2 Å². The minimum Gasteiger partial charge on any atom is -0.496 e. The minimum absolute atomic E-state index is 0.117. The Hall–Kier alpha value is -2.18. The van der Waals surface area contributed by atoms with Crippen LogP contribution in [0.25, 0.3) is 0 Å². The Balaban J connectivity index is 2.36. The van der Waals surface area contributed by atoms with Gasteiger partial charge in [-0.2, -0.15) is 0 Å². The van der Waals surface area contributed by atoms with E-state index in [1.807, 2.05) is 18.2 Å². The summed E-state index contributed by atoms with van der Waals surface area (Å²) in [5, 5.41) is 0. The Bertz CT molecular complexity index is 654. The lowest BCUT2D eigenvalue weighted by molar-refractivity contribution is -0.114. The number of hydrogen-bond donors (Lipinski definition) is 0. The molecule has 1 aromatic carbocycles. The van der Waals surface area contributed by atoms with E-state index in [4.69, 9.17) is 18.9 Å². The molecule has 0 spiro atoms. The van der Waals surface area contributed by atoms with Crippen molar-refractivity contribution in [3.8, 4) is 5.75 Å². The van der Waals surface area contributed by atoms with Crippen LogP contribution in [0.1, 0.15) is 42.1 Å². The second kappa shape index (κ2) is 10.8. The van der Waals surface area contributed by atoms with Crippen LogP contribution in [0.3, 0.4) is 0 Å². The molecule has 0 saturated carbocycles. The lowest BCUT2D eigenvalue weighted by Crippen LogP contribution is -2.31. The van der Waals surface area contributed by atoms with Gasteiger partial charge < -0.3 is 23.7 Å². The van der Waals surface area contributed by atoms with Gasteiger partial charge in [0.1, 0.15) is 30.5 Å². The van der Waals surface area contributed by atoms with Gasteiger partial charge in [-0.25, -0.2) is 4.79 Å². The van der Waals surface area contributed by atoms with Crippen LogP contribution in [0.5, 0.6) is 5.75 Å². The van der Waals surface area contributed by atoms with E-state index in [0.29, 0.717) is 24.2 Å². The summed E-state index contributed by atoms with van der Waals surface area (Å²) in [4.78, 5) is 24.0. The van der Waals surface area contributed by atoms with Crippen LogP contribution in [0.15, 0.2) is 30.4 Å². The summed E-state index contributed by atoms with van der Waals surface area (Å²) in [5.41, 5.74) is 1.24. The highest BCUT2D eigenvalue weighted by atomic mass is 16.7. The van der Waals surface area contributed by atoms with Gasteiger partial charge in [-0.1, -0.05) is 31.2 Å². The van der Waals surface area contributed by atoms with Crippen LogP contribution in [0, 0.1) is 5.92 Å². The summed E-state index contributed by atoms with van der Waals surface area (Å²) in [5.74, 6) is 0.170. The zero-order chi connectivity index (χ0) is 19.6. The predicted molar refractivity (Wildman–Crippen MR) is 101 cm³/mol. The lowest BCUT2D eigenvalue weighted by atomic mass is 9.93. The molecule has 0 saturated heterocycles. The van der Waals surface area contributed by atoms with Gasteiger partial charge in [-0.3, -0.25) is 0 Å². The van der Waals surface area contributed by atoms with Crippen LogP contribution in [-0.4, -0.2) is 45.5 Å². The number of aldehydes is 1. The highest BCUT2D eigenvalue weighted by Crippen LogP contribution is 2.27. The van der Waals surface area contributed by atoms with Gasteiger partial charge >= 0.3 is 5.97 Å². The van der Waals surface area contributed by atoms with Crippen LogP contribution >= 0.6 is 0 Å². The van der Waals surface area contributed by atoms with Gasteiger partial charge in [-0.05, 0) is 30.4 Å². The van der Waals surface area contributed by atoms with Crippen molar-refractivity contribution in [2.45, 2.75) is 44.8 Å². The minimum atomic E-state index is -0.569. The second-order valence-corrected chi connectivity index (χ2v) is 6.66. The molecular formula is C21H28O6. The van der Waals surface area contributed by atoms with Crippen LogP contribution in [0.2, 0.25) is 0 Å². The molecule has 0 bridgehead atoms. The maximum absolute atomic E-state index is 12.9. The lowest BCUT2D eigenvalue weighted by Gasteiger charge is -2.27. The summed E-state index contributed by atoms with van der Waals surface area (Å²) in [7, 11) is 3.08. The van der Waals surface area contributed by atoms with E-state index >= 15 is 0 Å². The summed E-state index contributed by atoms with van der Waals surface area (Å²) < 4.78 is 21.9. The smallest absolute Gasteiger partial charge is 0.342 e. The maximum Gasteiger partial charge on any atom is 0.342 e. The number of fused-ring (bicyclic) bond motifs is 1. The van der Waals surface area contributed by atoms with Crippen molar-refractivity contribution >= 4 is 12.3 Å². The standard InChI is InChI=1S/C21H28O6/c1-15-7-4-5-8-16-9-6-10-18(25-3)20(16)21(23)27-17(11-12-22)13-19(15)26-14-24-2/h4-6,9-10,12,15,17,19H,7-8,11,13-14H2,1-3H3/t15-,17-,19+/m0/s1. The summed E-state index contributed by atoms with van der Waals surface area (Å²) >= 11 is 0. The van der Waals surface area contributed by atoms with Crippen molar-refractivity contribution in [3.63, 3.8) is 0 Å². The van der Waals surface area contributed by atoms with E-state index in [1.165, 1.54) is 7.11 Å². The number of esters is 1. The molecule has 0 amide bonds. The average molecular weight is 376 g/mol. The molecule has 0 fully saturated rings. The maximum atomic E-state index is 12.9. The fourth-order valence-electron chi connectivity index (χ4n) is 3.21. The first-order valence-electron chi connectivity index (χ1n) is 9.16. The quantitative estimate of drug-likeness (QED) is 0.328. The van der Waals surface area contributed by atoms with E-state index < -0.39 is 12.1 Å². The Labute approximate surface area is 160 Å². The number of carbonyl (C=O) groups excluding carboxylic acids is 2. The molecule has 0 unspecified atom stereocenters. The van der Waals surface area contributed by atoms with Crippen molar-refractivity contribution in [1.82, 2.24) is 0 Å². The number of hydrogen-bond acceptors (Lipinski definition) is 6. The van der Waals surface area contributed by atoms with Gasteiger partial charge in [0.25, 0.3) is 0 Å². The molecule has 1 aromatic rings. The first kappa shape index (κ1) is 21.1. The molecule has 1 aliphatic rings. The molecule has 0 radical (unpaired) electrons. The zero-order valence-electron chi connectivity index (χ0n) is 16.2. The Morgan fingerprint density at radius 2 is 2.07 bits per heavy atom. The SMILES string of the molecule is COCO[C@@H]1C[C@H](CC=O)OC(=O)c2c(cccc2OC)CC=CC[C@@H]1C. The molecule has 1 aliphatic heterocycles. The van der Waals surface area contributed by atoms with E-state index in [9.17, 15) is 9.59 Å². The summed E-state index contributed by atoms with van der Waals surface area (Å²) in [6.45, 7) is 2.23. The van der Waals surface area contributed by atoms with Crippen molar-refractivity contribution < 1.29 is 28.5 Å². The molecule has 6 heteroatoms. The van der Waals surface area contributed by atoms with E-state index in [0.717, 1.165) is 18.3 Å². The zero-order valence-corrected chi connectivity index (χ0v) is 16.2. The topological polar surface area (TPSA) is 71.1 Å². The number of benzene rings is 1. The molecule has 2 rings (SSSR count).